The Balaban J connectivity index is 2.25. The number of carboxylic acids is 1. The van der Waals surface area contributed by atoms with Crippen molar-refractivity contribution < 1.29 is 14.7 Å². The zero-order valence-corrected chi connectivity index (χ0v) is 9.83. The van der Waals surface area contributed by atoms with E-state index in [0.717, 1.165) is 5.69 Å². The van der Waals surface area contributed by atoms with Gasteiger partial charge in [0.15, 0.2) is 0 Å². The molecule has 1 aromatic heterocycles. The third-order valence-corrected chi connectivity index (χ3v) is 3.19. The van der Waals surface area contributed by atoms with Crippen molar-refractivity contribution >= 4 is 11.9 Å². The summed E-state index contributed by atoms with van der Waals surface area (Å²) in [7, 11) is 1.84. The van der Waals surface area contributed by atoms with Gasteiger partial charge in [0.25, 0.3) is 0 Å². The molecule has 0 bridgehead atoms. The zero-order valence-electron chi connectivity index (χ0n) is 9.83. The first-order valence-corrected chi connectivity index (χ1v) is 5.45. The maximum absolute atomic E-state index is 11.3. The molecule has 0 saturated carbocycles. The highest BCUT2D eigenvalue weighted by atomic mass is 16.4. The first-order valence-electron chi connectivity index (χ1n) is 5.45. The number of carboxylic acid groups (broad SMARTS) is 1. The van der Waals surface area contributed by atoms with E-state index >= 15 is 0 Å². The number of carbonyl (C=O) groups excluding carboxylic acids is 1. The third kappa shape index (κ3) is 2.15. The van der Waals surface area contributed by atoms with Crippen molar-refractivity contribution in [1.29, 1.82) is 0 Å². The molecular weight excluding hydrogens is 222 g/mol. The number of aliphatic carboxylic acids is 1. The second-order valence-corrected chi connectivity index (χ2v) is 4.44. The van der Waals surface area contributed by atoms with Crippen LogP contribution in [0.15, 0.2) is 12.5 Å². The molecule has 1 aromatic rings. The van der Waals surface area contributed by atoms with Gasteiger partial charge < -0.3 is 14.6 Å². The van der Waals surface area contributed by atoms with E-state index in [4.69, 9.17) is 0 Å². The molecule has 1 N–H and O–H groups in total. The highest BCUT2D eigenvalue weighted by Crippen LogP contribution is 2.31. The molecule has 6 heteroatoms. The van der Waals surface area contributed by atoms with Crippen molar-refractivity contribution in [3.8, 4) is 0 Å². The molecule has 1 aliphatic heterocycles. The van der Waals surface area contributed by atoms with Crippen LogP contribution in [0.2, 0.25) is 0 Å². The molecule has 6 nitrogen and oxygen atoms in total. The lowest BCUT2D eigenvalue weighted by molar-refractivity contribution is -0.141. The summed E-state index contributed by atoms with van der Waals surface area (Å²) < 4.78 is 1.78. The molecular formula is C11H15N3O3. The highest BCUT2D eigenvalue weighted by Gasteiger charge is 2.40. The molecule has 0 spiro atoms. The Hall–Kier alpha value is -1.85. The van der Waals surface area contributed by atoms with Crippen LogP contribution in [0.25, 0.3) is 0 Å². The maximum Gasteiger partial charge on any atom is 0.309 e. The van der Waals surface area contributed by atoms with Crippen molar-refractivity contribution in [3.05, 3.63) is 18.2 Å². The zero-order chi connectivity index (χ0) is 12.6. The number of hydrogen-bond acceptors (Lipinski definition) is 3. The number of nitrogens with zero attached hydrogens (tertiary/aromatic N) is 3. The second-order valence-electron chi connectivity index (χ2n) is 4.44. The lowest BCUT2D eigenvalue weighted by atomic mass is 9.94. The minimum atomic E-state index is -0.871. The topological polar surface area (TPSA) is 75.4 Å². The minimum absolute atomic E-state index is 0.0883. The average molecular weight is 237 g/mol. The molecule has 2 atom stereocenters. The van der Waals surface area contributed by atoms with Gasteiger partial charge in [-0.25, -0.2) is 4.98 Å². The van der Waals surface area contributed by atoms with E-state index in [1.165, 1.54) is 6.92 Å². The molecule has 1 amide bonds. The summed E-state index contributed by atoms with van der Waals surface area (Å²) in [6.45, 7) is 2.16. The van der Waals surface area contributed by atoms with Crippen molar-refractivity contribution in [3.63, 3.8) is 0 Å². The van der Waals surface area contributed by atoms with Crippen LogP contribution in [0.1, 0.15) is 18.5 Å². The van der Waals surface area contributed by atoms with Gasteiger partial charge in [-0.15, -0.1) is 0 Å². The standard InChI is InChI=1S/C11H15N3O3/c1-7(15)14-3-8(9(4-14)11(16)17)10-5-13(2)6-12-10/h5-6,8-9H,3-4H2,1-2H3,(H,16,17)/t8-,9-/m0/s1. The molecule has 17 heavy (non-hydrogen) atoms. The van der Waals surface area contributed by atoms with Gasteiger partial charge in [0.2, 0.25) is 5.91 Å². The van der Waals surface area contributed by atoms with E-state index in [2.05, 4.69) is 4.98 Å². The smallest absolute Gasteiger partial charge is 0.309 e. The molecule has 0 aliphatic carbocycles. The van der Waals surface area contributed by atoms with E-state index in [0.29, 0.717) is 6.54 Å². The largest absolute Gasteiger partial charge is 0.481 e. The van der Waals surface area contributed by atoms with Crippen LogP contribution < -0.4 is 0 Å². The number of likely N-dealkylation sites (tertiary alicyclic amines) is 1. The second kappa shape index (κ2) is 4.20. The Morgan fingerprint density at radius 1 is 1.47 bits per heavy atom. The van der Waals surface area contributed by atoms with Gasteiger partial charge in [-0.3, -0.25) is 9.59 Å². The Morgan fingerprint density at radius 2 is 2.18 bits per heavy atom. The van der Waals surface area contributed by atoms with Gasteiger partial charge >= 0.3 is 5.97 Å². The SMILES string of the molecule is CC(=O)N1C[C@H](C(=O)O)[C@@H](c2cn(C)cn2)C1. The predicted octanol–water partition coefficient (Wildman–Crippen LogP) is 0.0666. The molecule has 2 heterocycles. The van der Waals surface area contributed by atoms with Crippen molar-refractivity contribution in [2.75, 3.05) is 13.1 Å². The molecule has 0 unspecified atom stereocenters. The predicted molar refractivity (Wildman–Crippen MR) is 59.3 cm³/mol. The lowest BCUT2D eigenvalue weighted by Gasteiger charge is -2.12. The van der Waals surface area contributed by atoms with Gasteiger partial charge in [0.1, 0.15) is 0 Å². The molecule has 1 aliphatic rings. The lowest BCUT2D eigenvalue weighted by Crippen LogP contribution is -2.27. The summed E-state index contributed by atoms with van der Waals surface area (Å²) in [5.41, 5.74) is 0.739. The van der Waals surface area contributed by atoms with E-state index in [9.17, 15) is 14.7 Å². The van der Waals surface area contributed by atoms with Crippen LogP contribution in [-0.4, -0.2) is 44.5 Å². The third-order valence-electron chi connectivity index (χ3n) is 3.19. The molecule has 92 valence electrons. The number of rotatable bonds is 2. The number of aromatic nitrogens is 2. The first-order chi connectivity index (χ1) is 7.99. The van der Waals surface area contributed by atoms with Gasteiger partial charge in [-0.1, -0.05) is 0 Å². The molecule has 1 saturated heterocycles. The maximum atomic E-state index is 11.3. The summed E-state index contributed by atoms with van der Waals surface area (Å²) >= 11 is 0. The number of aryl methyl sites for hydroxylation is 1. The van der Waals surface area contributed by atoms with Crippen LogP contribution in [0.5, 0.6) is 0 Å². The van der Waals surface area contributed by atoms with Crippen molar-refractivity contribution in [1.82, 2.24) is 14.5 Å². The molecule has 0 aromatic carbocycles. The molecule has 0 radical (unpaired) electrons. The molecule has 2 rings (SSSR count). The van der Waals surface area contributed by atoms with Gasteiger partial charge in [-0.05, 0) is 0 Å². The van der Waals surface area contributed by atoms with Gasteiger partial charge in [0.05, 0.1) is 17.9 Å². The van der Waals surface area contributed by atoms with Crippen LogP contribution >= 0.6 is 0 Å². The summed E-state index contributed by atoms with van der Waals surface area (Å²) in [4.78, 5) is 28.2. The average Bonchev–Trinajstić information content (AvgIpc) is 2.82. The summed E-state index contributed by atoms with van der Waals surface area (Å²) in [6, 6.07) is 0. The quantitative estimate of drug-likeness (QED) is 0.789. The Morgan fingerprint density at radius 3 is 2.65 bits per heavy atom. The fourth-order valence-corrected chi connectivity index (χ4v) is 2.24. The van der Waals surface area contributed by atoms with Crippen LogP contribution in [0, 0.1) is 5.92 Å². The Labute approximate surface area is 98.9 Å². The minimum Gasteiger partial charge on any atom is -0.481 e. The Bertz CT molecular complexity index is 455. The van der Waals surface area contributed by atoms with E-state index in [1.807, 2.05) is 13.2 Å². The van der Waals surface area contributed by atoms with E-state index in [1.54, 1.807) is 15.8 Å². The monoisotopic (exact) mass is 237 g/mol. The van der Waals surface area contributed by atoms with Crippen LogP contribution in [0.4, 0.5) is 0 Å². The number of hydrogen-bond donors (Lipinski definition) is 1. The highest BCUT2D eigenvalue weighted by molar-refractivity contribution is 5.77. The van der Waals surface area contributed by atoms with E-state index in [-0.39, 0.29) is 18.4 Å². The normalized spacial score (nSPS) is 24.0. The fourth-order valence-electron chi connectivity index (χ4n) is 2.24. The first kappa shape index (κ1) is 11.6. The van der Waals surface area contributed by atoms with Gasteiger partial charge in [0, 0.05) is 39.2 Å². The summed E-state index contributed by atoms with van der Waals surface area (Å²) in [6.07, 6.45) is 3.45. The summed E-state index contributed by atoms with van der Waals surface area (Å²) in [5.74, 6) is -1.73. The van der Waals surface area contributed by atoms with Crippen LogP contribution in [-0.2, 0) is 16.6 Å². The van der Waals surface area contributed by atoms with E-state index < -0.39 is 11.9 Å². The number of amides is 1. The van der Waals surface area contributed by atoms with Crippen molar-refractivity contribution in [2.24, 2.45) is 13.0 Å². The fraction of sp³-hybridized carbons (Fsp3) is 0.545. The Kier molecular flexibility index (Phi) is 2.87. The molecule has 1 fully saturated rings. The summed E-state index contributed by atoms with van der Waals surface area (Å²) in [5, 5.41) is 9.18. The van der Waals surface area contributed by atoms with Gasteiger partial charge in [-0.2, -0.15) is 0 Å². The van der Waals surface area contributed by atoms with Crippen molar-refractivity contribution in [2.45, 2.75) is 12.8 Å². The van der Waals surface area contributed by atoms with Crippen LogP contribution in [0.3, 0.4) is 0 Å². The number of imidazole rings is 1. The number of carbonyl (C=O) groups is 2.